The van der Waals surface area contributed by atoms with Crippen LogP contribution in [0, 0.1) is 0 Å². The van der Waals surface area contributed by atoms with Gasteiger partial charge in [-0.3, -0.25) is 4.79 Å². The molecule has 0 aliphatic rings. The minimum Gasteiger partial charge on any atom is -0.306 e. The van der Waals surface area contributed by atoms with Gasteiger partial charge in [0.05, 0.1) is 10.6 Å². The van der Waals surface area contributed by atoms with Gasteiger partial charge in [0.25, 0.3) is 5.91 Å². The van der Waals surface area contributed by atoms with E-state index in [1.165, 1.54) is 24.5 Å². The van der Waals surface area contributed by atoms with Crippen LogP contribution in [0.25, 0.3) is 0 Å². The Kier molecular flexibility index (Phi) is 4.01. The lowest BCUT2D eigenvalue weighted by Crippen LogP contribution is -2.13. The zero-order chi connectivity index (χ0) is 13.1. The number of hydrogen-bond donors (Lipinski definition) is 1. The molecule has 0 aliphatic heterocycles. The molecule has 0 aliphatic carbocycles. The van der Waals surface area contributed by atoms with E-state index >= 15 is 0 Å². The number of amides is 1. The average Bonchev–Trinajstić information content (AvgIpc) is 2.32. The molecule has 0 radical (unpaired) electrons. The summed E-state index contributed by atoms with van der Waals surface area (Å²) in [5, 5.41) is 3.41. The monoisotopic (exact) mass is 301 g/mol. The average molecular weight is 303 g/mol. The second-order valence-corrected chi connectivity index (χ2v) is 4.51. The normalized spacial score (nSPS) is 10.2. The fourth-order valence-electron chi connectivity index (χ4n) is 1.21. The minimum atomic E-state index is -0.393. The molecule has 0 fully saturated rings. The third-order valence-corrected chi connectivity index (χ3v) is 2.94. The summed E-state index contributed by atoms with van der Waals surface area (Å²) < 4.78 is 0. The fourth-order valence-corrected chi connectivity index (χ4v) is 1.64. The van der Waals surface area contributed by atoms with Crippen LogP contribution < -0.4 is 5.32 Å². The summed E-state index contributed by atoms with van der Waals surface area (Å²) in [5.74, 6) is -0.0468. The summed E-state index contributed by atoms with van der Waals surface area (Å²) in [5.41, 5.74) is 0.283. The lowest BCUT2D eigenvalue weighted by molar-refractivity contribution is 0.102. The Bertz CT molecular complexity index is 604. The van der Waals surface area contributed by atoms with E-state index in [9.17, 15) is 4.79 Å². The number of nitrogens with one attached hydrogen (secondary N) is 1. The molecular formula is C11H6Cl3N3O. The SMILES string of the molecule is O=C(Nc1cc(Cl)ccn1)c1cnc(Cl)c(Cl)c1. The highest BCUT2D eigenvalue weighted by Gasteiger charge is 2.10. The molecule has 0 unspecified atom stereocenters. The van der Waals surface area contributed by atoms with Crippen molar-refractivity contribution in [3.63, 3.8) is 0 Å². The van der Waals surface area contributed by atoms with E-state index in [4.69, 9.17) is 34.8 Å². The molecule has 0 spiro atoms. The quantitative estimate of drug-likeness (QED) is 0.861. The van der Waals surface area contributed by atoms with E-state index in [0.29, 0.717) is 10.8 Å². The maximum Gasteiger partial charge on any atom is 0.258 e. The highest BCUT2D eigenvalue weighted by atomic mass is 35.5. The Hall–Kier alpha value is -1.36. The smallest absolute Gasteiger partial charge is 0.258 e. The summed E-state index contributed by atoms with van der Waals surface area (Å²) in [6, 6.07) is 4.57. The zero-order valence-electron chi connectivity index (χ0n) is 8.82. The van der Waals surface area contributed by atoms with Crippen molar-refractivity contribution in [2.75, 3.05) is 5.32 Å². The van der Waals surface area contributed by atoms with Gasteiger partial charge < -0.3 is 5.32 Å². The topological polar surface area (TPSA) is 54.9 Å². The van der Waals surface area contributed by atoms with Crippen LogP contribution in [-0.4, -0.2) is 15.9 Å². The third-order valence-electron chi connectivity index (χ3n) is 2.02. The summed E-state index contributed by atoms with van der Waals surface area (Å²) in [4.78, 5) is 19.6. The van der Waals surface area contributed by atoms with E-state index in [1.54, 1.807) is 6.07 Å². The molecule has 0 aromatic carbocycles. The van der Waals surface area contributed by atoms with Gasteiger partial charge in [-0.2, -0.15) is 0 Å². The summed E-state index contributed by atoms with van der Waals surface area (Å²) >= 11 is 17.2. The maximum absolute atomic E-state index is 11.9. The maximum atomic E-state index is 11.9. The van der Waals surface area contributed by atoms with Crippen LogP contribution in [0.4, 0.5) is 5.82 Å². The standard InChI is InChI=1S/C11H6Cl3N3O/c12-7-1-2-15-9(4-7)17-11(18)6-3-8(13)10(14)16-5-6/h1-5H,(H,15,17,18). The first-order valence-corrected chi connectivity index (χ1v) is 5.93. The van der Waals surface area contributed by atoms with Gasteiger partial charge in [-0.15, -0.1) is 0 Å². The predicted octanol–water partition coefficient (Wildman–Crippen LogP) is 3.69. The van der Waals surface area contributed by atoms with Gasteiger partial charge in [0.15, 0.2) is 0 Å². The third kappa shape index (κ3) is 3.10. The number of pyridine rings is 2. The van der Waals surface area contributed by atoms with Crippen LogP contribution in [-0.2, 0) is 0 Å². The van der Waals surface area contributed by atoms with Crippen molar-refractivity contribution in [3.8, 4) is 0 Å². The Balaban J connectivity index is 2.19. The molecule has 0 bridgehead atoms. The molecule has 4 nitrogen and oxygen atoms in total. The lowest BCUT2D eigenvalue weighted by Gasteiger charge is -2.05. The van der Waals surface area contributed by atoms with Gasteiger partial charge in [0.1, 0.15) is 11.0 Å². The number of aromatic nitrogens is 2. The highest BCUT2D eigenvalue weighted by Crippen LogP contribution is 2.20. The van der Waals surface area contributed by atoms with Crippen LogP contribution in [0.3, 0.4) is 0 Å². The predicted molar refractivity (Wildman–Crippen MR) is 71.5 cm³/mol. The highest BCUT2D eigenvalue weighted by molar-refractivity contribution is 6.41. The molecule has 7 heteroatoms. The number of rotatable bonds is 2. The Morgan fingerprint density at radius 2 is 1.94 bits per heavy atom. The van der Waals surface area contributed by atoms with Gasteiger partial charge in [-0.25, -0.2) is 9.97 Å². The van der Waals surface area contributed by atoms with Crippen molar-refractivity contribution in [1.29, 1.82) is 0 Å². The van der Waals surface area contributed by atoms with E-state index in [2.05, 4.69) is 15.3 Å². The molecule has 0 saturated carbocycles. The first kappa shape index (κ1) is 13.1. The number of halogens is 3. The number of carbonyl (C=O) groups is 1. The molecule has 2 heterocycles. The number of carbonyl (C=O) groups excluding carboxylic acids is 1. The van der Waals surface area contributed by atoms with Gasteiger partial charge >= 0.3 is 0 Å². The first-order chi connectivity index (χ1) is 8.56. The van der Waals surface area contributed by atoms with Crippen molar-refractivity contribution >= 4 is 46.5 Å². The summed E-state index contributed by atoms with van der Waals surface area (Å²) in [6.07, 6.45) is 2.82. The van der Waals surface area contributed by atoms with Crippen LogP contribution in [0.2, 0.25) is 15.2 Å². The second-order valence-electron chi connectivity index (χ2n) is 3.31. The molecular weight excluding hydrogens is 296 g/mol. The molecule has 0 atom stereocenters. The zero-order valence-corrected chi connectivity index (χ0v) is 11.1. The molecule has 2 aromatic rings. The largest absolute Gasteiger partial charge is 0.306 e. The van der Waals surface area contributed by atoms with E-state index in [-0.39, 0.29) is 15.7 Å². The van der Waals surface area contributed by atoms with E-state index in [0.717, 1.165) is 0 Å². The van der Waals surface area contributed by atoms with Gasteiger partial charge in [-0.05, 0) is 18.2 Å². The Morgan fingerprint density at radius 1 is 1.17 bits per heavy atom. The fraction of sp³-hybridized carbons (Fsp3) is 0. The minimum absolute atomic E-state index is 0.147. The van der Waals surface area contributed by atoms with E-state index < -0.39 is 5.91 Å². The van der Waals surface area contributed by atoms with Crippen molar-refractivity contribution in [3.05, 3.63) is 51.4 Å². The van der Waals surface area contributed by atoms with Crippen LogP contribution >= 0.6 is 34.8 Å². The molecule has 0 saturated heterocycles. The molecule has 18 heavy (non-hydrogen) atoms. The molecule has 2 aromatic heterocycles. The van der Waals surface area contributed by atoms with Gasteiger partial charge in [0, 0.05) is 17.4 Å². The van der Waals surface area contributed by atoms with E-state index in [1.807, 2.05) is 0 Å². The summed E-state index contributed by atoms with van der Waals surface area (Å²) in [7, 11) is 0. The van der Waals surface area contributed by atoms with Crippen molar-refractivity contribution < 1.29 is 4.79 Å². The van der Waals surface area contributed by atoms with Crippen LogP contribution in [0.1, 0.15) is 10.4 Å². The van der Waals surface area contributed by atoms with Gasteiger partial charge in [-0.1, -0.05) is 34.8 Å². The van der Waals surface area contributed by atoms with Crippen molar-refractivity contribution in [2.45, 2.75) is 0 Å². The number of nitrogens with zero attached hydrogens (tertiary/aromatic N) is 2. The molecule has 1 amide bonds. The Labute approximate surface area is 118 Å². The van der Waals surface area contributed by atoms with Crippen molar-refractivity contribution in [1.82, 2.24) is 9.97 Å². The summed E-state index contributed by atoms with van der Waals surface area (Å²) in [6.45, 7) is 0. The number of hydrogen-bond acceptors (Lipinski definition) is 3. The number of anilines is 1. The van der Waals surface area contributed by atoms with Crippen molar-refractivity contribution in [2.24, 2.45) is 0 Å². The first-order valence-electron chi connectivity index (χ1n) is 4.80. The van der Waals surface area contributed by atoms with Gasteiger partial charge in [0.2, 0.25) is 0 Å². The molecule has 92 valence electrons. The van der Waals surface area contributed by atoms with Crippen LogP contribution in [0.5, 0.6) is 0 Å². The molecule has 1 N–H and O–H groups in total. The second kappa shape index (κ2) is 5.52. The molecule has 2 rings (SSSR count). The Morgan fingerprint density at radius 3 is 2.61 bits per heavy atom. The lowest BCUT2D eigenvalue weighted by atomic mass is 10.2. The van der Waals surface area contributed by atoms with Crippen LogP contribution in [0.15, 0.2) is 30.6 Å².